The van der Waals surface area contributed by atoms with E-state index in [0.717, 1.165) is 5.69 Å². The van der Waals surface area contributed by atoms with Gasteiger partial charge in [-0.2, -0.15) is 4.31 Å². The van der Waals surface area contributed by atoms with E-state index in [9.17, 15) is 17.6 Å². The Morgan fingerprint density at radius 3 is 2.43 bits per heavy atom. The molecule has 1 aliphatic rings. The number of carbonyl (C=O) groups is 1. The molecule has 0 spiro atoms. The quantitative estimate of drug-likeness (QED) is 0.471. The fraction of sp³-hybridized carbons (Fsp3) is 0.308. The molecule has 0 N–H and O–H groups in total. The second kappa shape index (κ2) is 10.5. The molecule has 1 aliphatic heterocycles. The maximum Gasteiger partial charge on any atom is 0.248 e. The second-order valence-corrected chi connectivity index (χ2v) is 10.3. The lowest BCUT2D eigenvalue weighted by Gasteiger charge is -2.33. The molecule has 1 fully saturated rings. The second-order valence-electron chi connectivity index (χ2n) is 8.41. The van der Waals surface area contributed by atoms with Crippen LogP contribution in [0.4, 0.5) is 10.1 Å². The summed E-state index contributed by atoms with van der Waals surface area (Å²) in [5.74, 6) is -0.631. The van der Waals surface area contributed by atoms with Crippen LogP contribution in [0, 0.1) is 18.7 Å². The summed E-state index contributed by atoms with van der Waals surface area (Å²) in [6.07, 6.45) is 3.72. The first-order valence-electron chi connectivity index (χ1n) is 11.6. The lowest BCUT2D eigenvalue weighted by atomic mass is 9.96. The first-order chi connectivity index (χ1) is 16.8. The van der Waals surface area contributed by atoms with Crippen LogP contribution in [0.3, 0.4) is 0 Å². The normalized spacial score (nSPS) is 15.5. The van der Waals surface area contributed by atoms with E-state index in [2.05, 4.69) is 5.16 Å². The van der Waals surface area contributed by atoms with Crippen molar-refractivity contribution in [2.45, 2.75) is 31.6 Å². The number of sulfonamides is 1. The molecule has 35 heavy (non-hydrogen) atoms. The van der Waals surface area contributed by atoms with E-state index in [4.69, 9.17) is 4.52 Å². The maximum atomic E-state index is 14.0. The van der Waals surface area contributed by atoms with Crippen molar-refractivity contribution in [3.63, 3.8) is 0 Å². The van der Waals surface area contributed by atoms with E-state index in [-0.39, 0.29) is 41.3 Å². The first-order valence-corrected chi connectivity index (χ1v) is 13.0. The zero-order valence-electron chi connectivity index (χ0n) is 19.7. The number of anilines is 1. The average molecular weight is 498 g/mol. The number of piperidine rings is 1. The molecule has 9 heteroatoms. The molecule has 2 heterocycles. The molecule has 2 aromatic carbocycles. The number of rotatable bonds is 7. The van der Waals surface area contributed by atoms with Crippen LogP contribution in [-0.2, 0) is 14.8 Å². The molecular formula is C26H28FN3O4S. The summed E-state index contributed by atoms with van der Waals surface area (Å²) >= 11 is 0. The molecular weight excluding hydrogens is 469 g/mol. The zero-order valence-corrected chi connectivity index (χ0v) is 20.5. The monoisotopic (exact) mass is 497 g/mol. The number of hydrogen-bond donors (Lipinski definition) is 0. The van der Waals surface area contributed by atoms with Crippen molar-refractivity contribution >= 4 is 33.8 Å². The molecule has 0 aliphatic carbocycles. The van der Waals surface area contributed by atoms with Crippen LogP contribution in [0.1, 0.15) is 36.8 Å². The van der Waals surface area contributed by atoms with Crippen LogP contribution in [-0.4, -0.2) is 43.4 Å². The number of amides is 1. The lowest BCUT2D eigenvalue weighted by Crippen LogP contribution is -2.44. The highest BCUT2D eigenvalue weighted by Gasteiger charge is 2.37. The minimum atomic E-state index is -3.91. The minimum absolute atomic E-state index is 0.00502. The summed E-state index contributed by atoms with van der Waals surface area (Å²) < 4.78 is 47.6. The fourth-order valence-corrected chi connectivity index (χ4v) is 6.06. The van der Waals surface area contributed by atoms with Crippen molar-refractivity contribution in [3.05, 3.63) is 77.4 Å². The number of aromatic nitrogens is 1. The number of carbonyl (C=O) groups excluding carboxylic acids is 1. The van der Waals surface area contributed by atoms with Gasteiger partial charge in [-0.1, -0.05) is 41.6 Å². The number of benzene rings is 2. The number of para-hydroxylation sites is 1. The molecule has 184 valence electrons. The standard InChI is InChI=1S/C26H28FN3O4S/c1-3-30(22-10-5-4-6-11-22)26(31)21-15-17-29(18-16-21)35(32,33)25-19(2)28-34-24(25)14-13-20-9-7-8-12-23(20)27/h4-14,21H,3,15-18H2,1-2H3. The van der Waals surface area contributed by atoms with E-state index in [1.807, 2.05) is 37.3 Å². The van der Waals surface area contributed by atoms with Gasteiger partial charge >= 0.3 is 0 Å². The van der Waals surface area contributed by atoms with Gasteiger partial charge in [0.05, 0.1) is 0 Å². The Kier molecular flexibility index (Phi) is 7.47. The molecule has 0 radical (unpaired) electrons. The molecule has 3 aromatic rings. The molecule has 4 rings (SSSR count). The summed E-state index contributed by atoms with van der Waals surface area (Å²) in [5.41, 5.74) is 1.38. The predicted octanol–water partition coefficient (Wildman–Crippen LogP) is 4.75. The molecule has 1 saturated heterocycles. The van der Waals surface area contributed by atoms with Crippen molar-refractivity contribution < 1.29 is 22.1 Å². The van der Waals surface area contributed by atoms with Crippen molar-refractivity contribution in [1.29, 1.82) is 0 Å². The SMILES string of the molecule is CCN(C(=O)C1CCN(S(=O)(=O)c2c(C)noc2C=Cc2ccccc2F)CC1)c1ccccc1. The van der Waals surface area contributed by atoms with Crippen LogP contribution in [0.5, 0.6) is 0 Å². The number of halogens is 1. The Bertz CT molecular complexity index is 1310. The first kappa shape index (κ1) is 24.8. The van der Waals surface area contributed by atoms with Gasteiger partial charge in [0.2, 0.25) is 15.9 Å². The van der Waals surface area contributed by atoms with E-state index < -0.39 is 15.8 Å². The number of hydrogen-bond acceptors (Lipinski definition) is 5. The zero-order chi connectivity index (χ0) is 25.0. The van der Waals surface area contributed by atoms with E-state index in [0.29, 0.717) is 24.9 Å². The Labute approximate surface area is 204 Å². The summed E-state index contributed by atoms with van der Waals surface area (Å²) in [5, 5.41) is 3.84. The molecule has 0 atom stereocenters. The van der Waals surface area contributed by atoms with Crippen molar-refractivity contribution in [2.24, 2.45) is 5.92 Å². The van der Waals surface area contributed by atoms with Gasteiger partial charge in [-0.25, -0.2) is 12.8 Å². The fourth-order valence-electron chi connectivity index (χ4n) is 4.34. The average Bonchev–Trinajstić information content (AvgIpc) is 3.25. The topological polar surface area (TPSA) is 83.7 Å². The summed E-state index contributed by atoms with van der Waals surface area (Å²) in [7, 11) is -3.91. The van der Waals surface area contributed by atoms with Crippen LogP contribution >= 0.6 is 0 Å². The highest BCUT2D eigenvalue weighted by Crippen LogP contribution is 2.30. The van der Waals surface area contributed by atoms with Crippen molar-refractivity contribution in [2.75, 3.05) is 24.5 Å². The highest BCUT2D eigenvalue weighted by atomic mass is 32.2. The third kappa shape index (κ3) is 5.21. The van der Waals surface area contributed by atoms with Gasteiger partial charge in [-0.15, -0.1) is 0 Å². The van der Waals surface area contributed by atoms with Crippen molar-refractivity contribution in [1.82, 2.24) is 9.46 Å². The molecule has 0 bridgehead atoms. The van der Waals surface area contributed by atoms with Gasteiger partial charge in [0, 0.05) is 36.8 Å². The van der Waals surface area contributed by atoms with E-state index in [1.54, 1.807) is 30.0 Å². The Morgan fingerprint density at radius 1 is 1.11 bits per heavy atom. The van der Waals surface area contributed by atoms with Crippen LogP contribution in [0.25, 0.3) is 12.2 Å². The smallest absolute Gasteiger partial charge is 0.248 e. The molecule has 0 unspecified atom stereocenters. The third-order valence-electron chi connectivity index (χ3n) is 6.20. The van der Waals surface area contributed by atoms with Crippen LogP contribution in [0.2, 0.25) is 0 Å². The van der Waals surface area contributed by atoms with Crippen LogP contribution in [0.15, 0.2) is 64.0 Å². The molecule has 1 aromatic heterocycles. The van der Waals surface area contributed by atoms with E-state index >= 15 is 0 Å². The number of aryl methyl sites for hydroxylation is 1. The van der Waals surface area contributed by atoms with Gasteiger partial charge < -0.3 is 9.42 Å². The van der Waals surface area contributed by atoms with Gasteiger partial charge in [0.1, 0.15) is 11.5 Å². The van der Waals surface area contributed by atoms with Gasteiger partial charge in [-0.05, 0) is 57.0 Å². The minimum Gasteiger partial charge on any atom is -0.355 e. The Morgan fingerprint density at radius 2 is 1.77 bits per heavy atom. The molecule has 7 nitrogen and oxygen atoms in total. The summed E-state index contributed by atoms with van der Waals surface area (Å²) in [6, 6.07) is 15.6. The molecule has 0 saturated carbocycles. The Hall–Kier alpha value is -3.30. The van der Waals surface area contributed by atoms with Crippen molar-refractivity contribution in [3.8, 4) is 0 Å². The summed E-state index contributed by atoms with van der Waals surface area (Å²) in [4.78, 5) is 14.9. The van der Waals surface area contributed by atoms with E-state index in [1.165, 1.54) is 22.5 Å². The van der Waals surface area contributed by atoms with Gasteiger partial charge in [0.25, 0.3) is 0 Å². The largest absolute Gasteiger partial charge is 0.355 e. The summed E-state index contributed by atoms with van der Waals surface area (Å²) in [6.45, 7) is 4.46. The highest BCUT2D eigenvalue weighted by molar-refractivity contribution is 7.89. The van der Waals surface area contributed by atoms with Gasteiger partial charge in [-0.3, -0.25) is 4.79 Å². The molecule has 1 amide bonds. The van der Waals surface area contributed by atoms with Crippen LogP contribution < -0.4 is 4.90 Å². The predicted molar refractivity (Wildman–Crippen MR) is 133 cm³/mol. The Balaban J connectivity index is 1.49. The lowest BCUT2D eigenvalue weighted by molar-refractivity contribution is -0.123. The van der Waals surface area contributed by atoms with Gasteiger partial charge in [0.15, 0.2) is 10.7 Å². The third-order valence-corrected chi connectivity index (χ3v) is 8.26. The maximum absolute atomic E-state index is 14.0. The number of nitrogens with zero attached hydrogens (tertiary/aromatic N) is 3.